The van der Waals surface area contributed by atoms with E-state index in [-0.39, 0.29) is 6.04 Å². The van der Waals surface area contributed by atoms with Crippen LogP contribution in [0.5, 0.6) is 0 Å². The number of aliphatic carboxylic acids is 1. The van der Waals surface area contributed by atoms with E-state index in [1.165, 1.54) is 0 Å². The number of rotatable bonds is 3. The van der Waals surface area contributed by atoms with Gasteiger partial charge in [0.25, 0.3) is 0 Å². The zero-order valence-electron chi connectivity index (χ0n) is 6.95. The van der Waals surface area contributed by atoms with Crippen molar-refractivity contribution >= 4 is 17.7 Å². The summed E-state index contributed by atoms with van der Waals surface area (Å²) in [6.07, 6.45) is 0. The second-order valence-corrected chi connectivity index (χ2v) is 3.82. The van der Waals surface area contributed by atoms with Crippen LogP contribution >= 0.6 is 11.8 Å². The Morgan fingerprint density at radius 2 is 2.50 bits per heavy atom. The minimum Gasteiger partial charge on any atom is -0.480 e. The van der Waals surface area contributed by atoms with E-state index in [4.69, 9.17) is 9.84 Å². The van der Waals surface area contributed by atoms with E-state index in [9.17, 15) is 4.79 Å². The van der Waals surface area contributed by atoms with Crippen molar-refractivity contribution in [3.63, 3.8) is 0 Å². The predicted molar refractivity (Wildman–Crippen MR) is 47.5 cm³/mol. The van der Waals surface area contributed by atoms with E-state index in [0.29, 0.717) is 12.4 Å². The first kappa shape index (κ1) is 9.83. The minimum atomic E-state index is -0.775. The second kappa shape index (κ2) is 4.69. The average molecular weight is 191 g/mol. The highest BCUT2D eigenvalue weighted by molar-refractivity contribution is 7.99. The van der Waals surface area contributed by atoms with E-state index in [2.05, 4.69) is 5.32 Å². The number of nitrogens with one attached hydrogen (secondary N) is 1. The molecule has 0 aliphatic carbocycles. The summed E-state index contributed by atoms with van der Waals surface area (Å²) in [4.78, 5) is 10.6. The van der Waals surface area contributed by atoms with Gasteiger partial charge in [-0.1, -0.05) is 0 Å². The molecule has 0 spiro atoms. The summed E-state index contributed by atoms with van der Waals surface area (Å²) >= 11 is 1.66. The van der Waals surface area contributed by atoms with Crippen LogP contribution in [0, 0.1) is 0 Å². The third-order valence-corrected chi connectivity index (χ3v) is 2.91. The number of methoxy groups -OCH3 is 1. The Morgan fingerprint density at radius 3 is 3.08 bits per heavy atom. The van der Waals surface area contributed by atoms with Crippen LogP contribution in [0.1, 0.15) is 0 Å². The quantitative estimate of drug-likeness (QED) is 0.646. The smallest absolute Gasteiger partial charge is 0.321 e. The number of carbonyl (C=O) groups is 1. The molecule has 0 radical (unpaired) electrons. The van der Waals surface area contributed by atoms with Gasteiger partial charge in [0.1, 0.15) is 6.04 Å². The molecule has 70 valence electrons. The number of carboxylic acids is 1. The van der Waals surface area contributed by atoms with Crippen LogP contribution < -0.4 is 5.32 Å². The maximum absolute atomic E-state index is 10.6. The molecule has 2 unspecified atom stereocenters. The number of hydrogen-bond donors (Lipinski definition) is 2. The Hall–Kier alpha value is -0.260. The van der Waals surface area contributed by atoms with Crippen molar-refractivity contribution in [2.75, 3.05) is 25.2 Å². The lowest BCUT2D eigenvalue weighted by Gasteiger charge is -2.27. The van der Waals surface area contributed by atoms with Crippen molar-refractivity contribution in [1.82, 2.24) is 5.32 Å². The Morgan fingerprint density at radius 1 is 1.75 bits per heavy atom. The molecule has 1 aliphatic rings. The fourth-order valence-electron chi connectivity index (χ4n) is 1.15. The van der Waals surface area contributed by atoms with Gasteiger partial charge >= 0.3 is 5.97 Å². The summed E-state index contributed by atoms with van der Waals surface area (Å²) in [7, 11) is 1.62. The molecule has 2 N–H and O–H groups in total. The highest BCUT2D eigenvalue weighted by Gasteiger charge is 2.25. The third kappa shape index (κ3) is 2.66. The molecule has 0 aromatic rings. The molecule has 0 saturated carbocycles. The molecule has 4 nitrogen and oxygen atoms in total. The Balaban J connectivity index is 2.35. The highest BCUT2D eigenvalue weighted by atomic mass is 32.2. The van der Waals surface area contributed by atoms with Gasteiger partial charge in [0.05, 0.1) is 6.61 Å². The first-order chi connectivity index (χ1) is 5.74. The molecule has 1 aliphatic heterocycles. The van der Waals surface area contributed by atoms with Crippen molar-refractivity contribution < 1.29 is 14.6 Å². The van der Waals surface area contributed by atoms with Gasteiger partial charge in [-0.15, -0.1) is 0 Å². The summed E-state index contributed by atoms with van der Waals surface area (Å²) in [5.41, 5.74) is 0. The van der Waals surface area contributed by atoms with Gasteiger partial charge in [0.15, 0.2) is 0 Å². The van der Waals surface area contributed by atoms with Crippen LogP contribution in [-0.2, 0) is 9.53 Å². The zero-order chi connectivity index (χ0) is 8.97. The summed E-state index contributed by atoms with van der Waals surface area (Å²) in [6.45, 7) is 0.580. The van der Waals surface area contributed by atoms with Gasteiger partial charge in [0.2, 0.25) is 0 Å². The molecule has 0 bridgehead atoms. The van der Waals surface area contributed by atoms with Crippen molar-refractivity contribution in [3.05, 3.63) is 0 Å². The summed E-state index contributed by atoms with van der Waals surface area (Å²) in [5.74, 6) is 0.802. The molecule has 5 heteroatoms. The number of ether oxygens (including phenoxy) is 1. The van der Waals surface area contributed by atoms with Gasteiger partial charge in [0, 0.05) is 24.7 Å². The second-order valence-electron chi connectivity index (χ2n) is 2.75. The molecular formula is C7H13NO3S. The van der Waals surface area contributed by atoms with Crippen molar-refractivity contribution in [3.8, 4) is 0 Å². The molecule has 1 rings (SSSR count). The zero-order valence-corrected chi connectivity index (χ0v) is 7.76. The first-order valence-electron chi connectivity index (χ1n) is 3.79. The van der Waals surface area contributed by atoms with Crippen molar-refractivity contribution in [1.29, 1.82) is 0 Å². The van der Waals surface area contributed by atoms with Gasteiger partial charge in [-0.25, -0.2) is 0 Å². The lowest BCUT2D eigenvalue weighted by molar-refractivity contribution is -0.139. The predicted octanol–water partition coefficient (Wildman–Crippen LogP) is -0.209. The average Bonchev–Trinajstić information content (AvgIpc) is 2.05. The SMILES string of the molecule is COCC1CSCC(C(=O)O)N1. The van der Waals surface area contributed by atoms with E-state index >= 15 is 0 Å². The van der Waals surface area contributed by atoms with Crippen LogP contribution in [0.25, 0.3) is 0 Å². The summed E-state index contributed by atoms with van der Waals surface area (Å²) in [5, 5.41) is 11.7. The van der Waals surface area contributed by atoms with Crippen molar-refractivity contribution in [2.45, 2.75) is 12.1 Å². The Kier molecular flexibility index (Phi) is 3.84. The van der Waals surface area contributed by atoms with Gasteiger partial charge < -0.3 is 9.84 Å². The first-order valence-corrected chi connectivity index (χ1v) is 4.95. The van der Waals surface area contributed by atoms with Gasteiger partial charge in [-0.05, 0) is 0 Å². The maximum atomic E-state index is 10.6. The third-order valence-electron chi connectivity index (χ3n) is 1.71. The molecule has 1 heterocycles. The lowest BCUT2D eigenvalue weighted by atomic mass is 10.2. The number of thioether (sulfide) groups is 1. The van der Waals surface area contributed by atoms with Crippen LogP contribution in [0.2, 0.25) is 0 Å². The number of carboxylic acid groups (broad SMARTS) is 1. The molecule has 0 aromatic carbocycles. The molecule has 0 aromatic heterocycles. The highest BCUT2D eigenvalue weighted by Crippen LogP contribution is 2.12. The molecule has 2 atom stereocenters. The van der Waals surface area contributed by atoms with Gasteiger partial charge in [-0.2, -0.15) is 11.8 Å². The summed E-state index contributed by atoms with van der Waals surface area (Å²) < 4.78 is 4.94. The largest absolute Gasteiger partial charge is 0.480 e. The van der Waals surface area contributed by atoms with Crippen LogP contribution in [-0.4, -0.2) is 48.4 Å². The molecule has 1 saturated heterocycles. The topological polar surface area (TPSA) is 58.6 Å². The van der Waals surface area contributed by atoms with E-state index < -0.39 is 12.0 Å². The van der Waals surface area contributed by atoms with E-state index in [1.807, 2.05) is 0 Å². The molecular weight excluding hydrogens is 178 g/mol. The number of hydrogen-bond acceptors (Lipinski definition) is 4. The van der Waals surface area contributed by atoms with E-state index in [1.54, 1.807) is 18.9 Å². The fourth-order valence-corrected chi connectivity index (χ4v) is 2.24. The van der Waals surface area contributed by atoms with Crippen LogP contribution in [0.4, 0.5) is 0 Å². The van der Waals surface area contributed by atoms with Gasteiger partial charge in [-0.3, -0.25) is 10.1 Å². The van der Waals surface area contributed by atoms with E-state index in [0.717, 1.165) is 5.75 Å². The Labute approximate surface area is 75.7 Å². The lowest BCUT2D eigenvalue weighted by Crippen LogP contribution is -2.51. The molecule has 1 fully saturated rings. The van der Waals surface area contributed by atoms with Crippen LogP contribution in [0.15, 0.2) is 0 Å². The minimum absolute atomic E-state index is 0.176. The molecule has 12 heavy (non-hydrogen) atoms. The monoisotopic (exact) mass is 191 g/mol. The maximum Gasteiger partial charge on any atom is 0.321 e. The Bertz CT molecular complexity index is 163. The van der Waals surface area contributed by atoms with Crippen LogP contribution in [0.3, 0.4) is 0 Å². The standard InChI is InChI=1S/C7H13NO3S/c1-11-2-5-3-12-4-6(8-5)7(9)10/h5-6,8H,2-4H2,1H3,(H,9,10). The normalized spacial score (nSPS) is 30.1. The fraction of sp³-hybridized carbons (Fsp3) is 0.857. The van der Waals surface area contributed by atoms with Crippen molar-refractivity contribution in [2.24, 2.45) is 0 Å². The summed E-state index contributed by atoms with van der Waals surface area (Å²) in [6, 6.07) is -0.237. The molecule has 0 amide bonds.